The molecular weight excluding hydrogens is 366 g/mol. The van der Waals surface area contributed by atoms with E-state index < -0.39 is 0 Å². The van der Waals surface area contributed by atoms with Crippen molar-refractivity contribution < 1.29 is 4.74 Å². The Balaban J connectivity index is 1.21. The number of nitrogens with zero attached hydrogens (tertiary/aromatic N) is 2. The Morgan fingerprint density at radius 3 is 2.75 bits per heavy atom. The highest BCUT2D eigenvalue weighted by atomic mass is 32.1. The highest BCUT2D eigenvalue weighted by Crippen LogP contribution is 2.26. The first-order valence-corrected chi connectivity index (χ1v) is 11.2. The summed E-state index contributed by atoms with van der Waals surface area (Å²) in [5.41, 5.74) is 1.35. The third kappa shape index (κ3) is 5.24. The third-order valence-corrected chi connectivity index (χ3v) is 6.09. The van der Waals surface area contributed by atoms with Crippen LogP contribution in [0.15, 0.2) is 48.5 Å². The van der Waals surface area contributed by atoms with Crippen molar-refractivity contribution >= 4 is 27.4 Å². The molecule has 1 N–H and O–H groups in total. The van der Waals surface area contributed by atoms with Crippen molar-refractivity contribution in [3.05, 3.63) is 54.1 Å². The van der Waals surface area contributed by atoms with Gasteiger partial charge in [-0.25, -0.2) is 0 Å². The fraction of sp³-hybridized carbons (Fsp3) is 0.435. The molecule has 0 atom stereocenters. The van der Waals surface area contributed by atoms with Crippen LogP contribution in [0.3, 0.4) is 0 Å². The van der Waals surface area contributed by atoms with Gasteiger partial charge in [-0.3, -0.25) is 4.90 Å². The highest BCUT2D eigenvalue weighted by molar-refractivity contribution is 7.13. The molecule has 148 valence electrons. The minimum atomic E-state index is 0.711. The molecule has 2 aromatic carbocycles. The van der Waals surface area contributed by atoms with E-state index in [9.17, 15) is 0 Å². The number of benzene rings is 2. The molecule has 1 aliphatic heterocycles. The summed E-state index contributed by atoms with van der Waals surface area (Å²) in [5, 5.41) is 4.64. The smallest absolute Gasteiger partial charge is 0.147 e. The Kier molecular flexibility index (Phi) is 6.79. The molecule has 4 nitrogen and oxygen atoms in total. The van der Waals surface area contributed by atoms with Crippen molar-refractivity contribution in [3.8, 4) is 5.75 Å². The molecular formula is C23H29N3OS. The second-order valence-corrected chi connectivity index (χ2v) is 8.30. The van der Waals surface area contributed by atoms with Crippen molar-refractivity contribution in [2.75, 3.05) is 31.6 Å². The van der Waals surface area contributed by atoms with Gasteiger partial charge in [0.05, 0.1) is 11.3 Å². The number of rotatable bonds is 8. The van der Waals surface area contributed by atoms with Crippen LogP contribution in [-0.2, 0) is 6.54 Å². The average molecular weight is 396 g/mol. The number of ether oxygens (including phenoxy) is 1. The summed E-state index contributed by atoms with van der Waals surface area (Å²) >= 11 is 1.54. The van der Waals surface area contributed by atoms with Crippen LogP contribution in [0.1, 0.15) is 37.7 Å². The van der Waals surface area contributed by atoms with Gasteiger partial charge in [-0.05, 0) is 73.7 Å². The molecule has 0 unspecified atom stereocenters. The van der Waals surface area contributed by atoms with Crippen LogP contribution in [0.25, 0.3) is 10.1 Å². The molecule has 0 spiro atoms. The lowest BCUT2D eigenvalue weighted by molar-refractivity contribution is 0.275. The number of fused-ring (bicyclic) bond motifs is 1. The topological polar surface area (TPSA) is 37.4 Å². The van der Waals surface area contributed by atoms with E-state index in [0.717, 1.165) is 31.1 Å². The Morgan fingerprint density at radius 2 is 1.86 bits per heavy atom. The first-order valence-electron chi connectivity index (χ1n) is 10.4. The molecule has 2 heterocycles. The van der Waals surface area contributed by atoms with Gasteiger partial charge in [0.25, 0.3) is 0 Å². The van der Waals surface area contributed by atoms with Gasteiger partial charge < -0.3 is 10.1 Å². The average Bonchev–Trinajstić information content (AvgIpc) is 2.95. The van der Waals surface area contributed by atoms with Gasteiger partial charge in [-0.1, -0.05) is 37.1 Å². The van der Waals surface area contributed by atoms with E-state index in [4.69, 9.17) is 4.74 Å². The van der Waals surface area contributed by atoms with E-state index in [1.807, 2.05) is 0 Å². The largest absolute Gasteiger partial charge is 0.494 e. The van der Waals surface area contributed by atoms with Gasteiger partial charge in [-0.15, -0.1) is 0 Å². The molecule has 0 saturated carbocycles. The molecule has 0 aliphatic carbocycles. The Bertz CT molecular complexity index is 871. The summed E-state index contributed by atoms with van der Waals surface area (Å²) in [6.45, 7) is 5.06. The van der Waals surface area contributed by atoms with Gasteiger partial charge in [0.15, 0.2) is 0 Å². The van der Waals surface area contributed by atoms with E-state index in [-0.39, 0.29) is 0 Å². The number of aromatic nitrogens is 1. The van der Waals surface area contributed by atoms with E-state index in [1.54, 1.807) is 11.5 Å². The number of anilines is 1. The van der Waals surface area contributed by atoms with Crippen molar-refractivity contribution in [2.45, 2.75) is 38.6 Å². The van der Waals surface area contributed by atoms with Gasteiger partial charge in [0.1, 0.15) is 11.6 Å². The lowest BCUT2D eigenvalue weighted by Gasteiger charge is -2.20. The van der Waals surface area contributed by atoms with Gasteiger partial charge in [0, 0.05) is 18.5 Å². The zero-order valence-corrected chi connectivity index (χ0v) is 17.2. The zero-order chi connectivity index (χ0) is 19.0. The molecule has 3 aromatic rings. The highest BCUT2D eigenvalue weighted by Gasteiger charge is 2.10. The summed E-state index contributed by atoms with van der Waals surface area (Å²) in [6, 6.07) is 16.9. The predicted octanol–water partition coefficient (Wildman–Crippen LogP) is 5.55. The van der Waals surface area contributed by atoms with Gasteiger partial charge >= 0.3 is 0 Å². The molecule has 1 fully saturated rings. The molecule has 0 radical (unpaired) electrons. The van der Waals surface area contributed by atoms with Crippen LogP contribution in [-0.4, -0.2) is 35.5 Å². The second kappa shape index (κ2) is 9.89. The first-order chi connectivity index (χ1) is 13.9. The van der Waals surface area contributed by atoms with Gasteiger partial charge in [0.2, 0.25) is 0 Å². The number of likely N-dealkylation sites (tertiary alicyclic amines) is 1. The molecule has 28 heavy (non-hydrogen) atoms. The number of hydrogen-bond donors (Lipinski definition) is 1. The molecule has 5 heteroatoms. The SMILES string of the molecule is c1cc(CN2CCCCCC2)cc(OCCCNc2nsc3ccccc23)c1. The molecule has 0 amide bonds. The summed E-state index contributed by atoms with van der Waals surface area (Å²) in [5.74, 6) is 1.96. The molecule has 1 saturated heterocycles. The van der Waals surface area contributed by atoms with Crippen molar-refractivity contribution in [1.29, 1.82) is 0 Å². The number of hydrogen-bond acceptors (Lipinski definition) is 5. The molecule has 1 aliphatic rings. The van der Waals surface area contributed by atoms with Crippen molar-refractivity contribution in [2.24, 2.45) is 0 Å². The molecule has 0 bridgehead atoms. The fourth-order valence-corrected chi connectivity index (χ4v) is 4.52. The fourth-order valence-electron chi connectivity index (χ4n) is 3.77. The quantitative estimate of drug-likeness (QED) is 0.507. The lowest BCUT2D eigenvalue weighted by atomic mass is 10.2. The third-order valence-electron chi connectivity index (χ3n) is 5.26. The van der Waals surface area contributed by atoms with Crippen LogP contribution in [0, 0.1) is 0 Å². The van der Waals surface area contributed by atoms with E-state index in [2.05, 4.69) is 63.1 Å². The van der Waals surface area contributed by atoms with Crippen molar-refractivity contribution in [1.82, 2.24) is 9.27 Å². The standard InChI is InChI=1S/C23H29N3OS/c1-2-6-15-26(14-5-1)18-19-9-7-10-20(17-19)27-16-8-13-24-23-21-11-3-4-12-22(21)28-25-23/h3-4,7,9-12,17H,1-2,5-6,8,13-16,18H2,(H,24,25). The maximum Gasteiger partial charge on any atom is 0.147 e. The minimum absolute atomic E-state index is 0.711. The summed E-state index contributed by atoms with van der Waals surface area (Å²) in [7, 11) is 0. The number of nitrogens with one attached hydrogen (secondary N) is 1. The van der Waals surface area contributed by atoms with E-state index in [1.165, 1.54) is 54.4 Å². The first kappa shape index (κ1) is 19.2. The predicted molar refractivity (Wildman–Crippen MR) is 118 cm³/mol. The molecule has 1 aromatic heterocycles. The normalized spacial score (nSPS) is 15.4. The maximum atomic E-state index is 5.99. The van der Waals surface area contributed by atoms with E-state index in [0.29, 0.717) is 6.61 Å². The second-order valence-electron chi connectivity index (χ2n) is 7.49. The summed E-state index contributed by atoms with van der Waals surface area (Å²) in [4.78, 5) is 2.58. The van der Waals surface area contributed by atoms with Crippen LogP contribution in [0.2, 0.25) is 0 Å². The van der Waals surface area contributed by atoms with Crippen LogP contribution >= 0.6 is 11.5 Å². The summed E-state index contributed by atoms with van der Waals surface area (Å²) in [6.07, 6.45) is 6.37. The van der Waals surface area contributed by atoms with Crippen LogP contribution in [0.4, 0.5) is 5.82 Å². The Labute approximate surface area is 171 Å². The monoisotopic (exact) mass is 395 g/mol. The van der Waals surface area contributed by atoms with Crippen LogP contribution in [0.5, 0.6) is 5.75 Å². The summed E-state index contributed by atoms with van der Waals surface area (Å²) < 4.78 is 11.7. The van der Waals surface area contributed by atoms with Crippen molar-refractivity contribution in [3.63, 3.8) is 0 Å². The Morgan fingerprint density at radius 1 is 1.00 bits per heavy atom. The minimum Gasteiger partial charge on any atom is -0.494 e. The maximum absolute atomic E-state index is 5.99. The lowest BCUT2D eigenvalue weighted by Crippen LogP contribution is -2.23. The van der Waals surface area contributed by atoms with Gasteiger partial charge in [-0.2, -0.15) is 4.37 Å². The van der Waals surface area contributed by atoms with Crippen LogP contribution < -0.4 is 10.1 Å². The zero-order valence-electron chi connectivity index (χ0n) is 16.4. The Hall–Kier alpha value is -2.11. The van der Waals surface area contributed by atoms with E-state index >= 15 is 0 Å². The molecule has 4 rings (SSSR count).